The van der Waals surface area contributed by atoms with E-state index in [1.54, 1.807) is 17.2 Å². The minimum atomic E-state index is 0.700. The Kier molecular flexibility index (Phi) is 3.69. The van der Waals surface area contributed by atoms with Crippen LogP contribution in [0.15, 0.2) is 53.5 Å². The molecule has 0 fully saturated rings. The van der Waals surface area contributed by atoms with Crippen LogP contribution in [0.3, 0.4) is 0 Å². The largest absolute Gasteiger partial charge is 0.381 e. The van der Waals surface area contributed by atoms with Gasteiger partial charge in [0.25, 0.3) is 0 Å². The molecule has 0 radical (unpaired) electrons. The highest BCUT2D eigenvalue weighted by atomic mass is 79.9. The number of nitrogens with one attached hydrogen (secondary N) is 1. The van der Waals surface area contributed by atoms with Gasteiger partial charge in [0.1, 0.15) is 6.33 Å². The number of tetrazole rings is 1. The molecule has 0 atom stereocenters. The fourth-order valence-corrected chi connectivity index (χ4v) is 2.21. The van der Waals surface area contributed by atoms with Crippen molar-refractivity contribution < 1.29 is 0 Å². The first kappa shape index (κ1) is 12.7. The van der Waals surface area contributed by atoms with Gasteiger partial charge in [0.2, 0.25) is 0 Å². The molecule has 2 heterocycles. The van der Waals surface area contributed by atoms with Gasteiger partial charge in [-0.15, -0.1) is 5.10 Å². The molecule has 0 aliphatic carbocycles. The summed E-state index contributed by atoms with van der Waals surface area (Å²) < 4.78 is 2.59. The second-order valence-corrected chi connectivity index (χ2v) is 5.09. The first-order chi connectivity index (χ1) is 9.81. The van der Waals surface area contributed by atoms with Gasteiger partial charge in [0.05, 0.1) is 5.69 Å². The summed E-state index contributed by atoms with van der Waals surface area (Å²) >= 11 is 3.41. The molecule has 20 heavy (non-hydrogen) atoms. The second kappa shape index (κ2) is 5.79. The first-order valence-corrected chi connectivity index (χ1v) is 6.77. The summed E-state index contributed by atoms with van der Waals surface area (Å²) in [4.78, 5) is 4.14. The Bertz CT molecular complexity index is 698. The highest BCUT2D eigenvalue weighted by Gasteiger charge is 2.00. The number of hydrogen-bond donors (Lipinski definition) is 1. The maximum Gasteiger partial charge on any atom is 0.143 e. The highest BCUT2D eigenvalue weighted by Crippen LogP contribution is 2.15. The Balaban J connectivity index is 1.73. The number of rotatable bonds is 4. The van der Waals surface area contributed by atoms with Crippen molar-refractivity contribution in [3.05, 3.63) is 59.1 Å². The van der Waals surface area contributed by atoms with Gasteiger partial charge in [-0.1, -0.05) is 6.07 Å². The van der Waals surface area contributed by atoms with E-state index in [0.717, 1.165) is 21.4 Å². The average Bonchev–Trinajstić information content (AvgIpc) is 3.00. The van der Waals surface area contributed by atoms with Gasteiger partial charge in [-0.3, -0.25) is 4.98 Å². The number of pyridine rings is 1. The molecule has 6 nitrogen and oxygen atoms in total. The molecular weight excluding hydrogens is 320 g/mol. The Morgan fingerprint density at radius 1 is 1.20 bits per heavy atom. The predicted molar refractivity (Wildman–Crippen MR) is 78.4 cm³/mol. The molecule has 0 amide bonds. The maximum atomic E-state index is 4.14. The Morgan fingerprint density at radius 2 is 2.15 bits per heavy atom. The Hall–Kier alpha value is -2.28. The molecule has 3 aromatic rings. The van der Waals surface area contributed by atoms with Crippen LogP contribution in [0.5, 0.6) is 0 Å². The fourth-order valence-electron chi connectivity index (χ4n) is 1.79. The molecule has 0 spiro atoms. The van der Waals surface area contributed by atoms with Gasteiger partial charge in [0, 0.05) is 29.1 Å². The summed E-state index contributed by atoms with van der Waals surface area (Å²) in [6, 6.07) is 9.92. The van der Waals surface area contributed by atoms with E-state index in [1.165, 1.54) is 0 Å². The van der Waals surface area contributed by atoms with Gasteiger partial charge in [-0.05, 0) is 56.2 Å². The quantitative estimate of drug-likeness (QED) is 0.795. The second-order valence-electron chi connectivity index (χ2n) is 4.17. The van der Waals surface area contributed by atoms with E-state index in [1.807, 2.05) is 36.5 Å². The van der Waals surface area contributed by atoms with E-state index in [0.29, 0.717) is 6.54 Å². The number of hydrogen-bond acceptors (Lipinski definition) is 5. The van der Waals surface area contributed by atoms with Crippen molar-refractivity contribution in [1.82, 2.24) is 25.2 Å². The standard InChI is InChI=1S/C13H11BrN6/c14-11-4-10(6-15-8-11)7-16-12-2-1-3-13(5-12)20-9-17-18-19-20/h1-6,8-9,16H,7H2. The van der Waals surface area contributed by atoms with Crippen LogP contribution in [-0.4, -0.2) is 25.2 Å². The molecule has 0 aliphatic heterocycles. The van der Waals surface area contributed by atoms with Gasteiger partial charge in [0.15, 0.2) is 0 Å². The molecule has 1 aromatic carbocycles. The molecule has 2 aromatic heterocycles. The molecule has 0 aliphatic rings. The lowest BCUT2D eigenvalue weighted by molar-refractivity contribution is 0.789. The first-order valence-electron chi connectivity index (χ1n) is 5.98. The zero-order chi connectivity index (χ0) is 13.8. The van der Waals surface area contributed by atoms with Gasteiger partial charge in [-0.2, -0.15) is 0 Å². The van der Waals surface area contributed by atoms with Crippen LogP contribution in [0.4, 0.5) is 5.69 Å². The molecular formula is C13H11BrN6. The minimum absolute atomic E-state index is 0.700. The lowest BCUT2D eigenvalue weighted by Gasteiger charge is -2.08. The van der Waals surface area contributed by atoms with Crippen LogP contribution >= 0.6 is 15.9 Å². The lowest BCUT2D eigenvalue weighted by Crippen LogP contribution is -2.01. The van der Waals surface area contributed by atoms with Crippen LogP contribution in [0.2, 0.25) is 0 Å². The van der Waals surface area contributed by atoms with Crippen molar-refractivity contribution in [3.8, 4) is 5.69 Å². The van der Waals surface area contributed by atoms with Crippen molar-refractivity contribution in [2.45, 2.75) is 6.54 Å². The summed E-state index contributed by atoms with van der Waals surface area (Å²) in [7, 11) is 0. The van der Waals surface area contributed by atoms with E-state index in [-0.39, 0.29) is 0 Å². The summed E-state index contributed by atoms with van der Waals surface area (Å²) in [5.74, 6) is 0. The molecule has 3 rings (SSSR count). The average molecular weight is 331 g/mol. The van der Waals surface area contributed by atoms with Crippen LogP contribution < -0.4 is 5.32 Å². The number of nitrogens with zero attached hydrogens (tertiary/aromatic N) is 5. The number of benzene rings is 1. The maximum absolute atomic E-state index is 4.14. The highest BCUT2D eigenvalue weighted by molar-refractivity contribution is 9.10. The van der Waals surface area contributed by atoms with Gasteiger partial charge in [-0.25, -0.2) is 4.68 Å². The summed E-state index contributed by atoms with van der Waals surface area (Å²) in [5, 5.41) is 14.5. The van der Waals surface area contributed by atoms with E-state index >= 15 is 0 Å². The fraction of sp³-hybridized carbons (Fsp3) is 0.0769. The summed E-state index contributed by atoms with van der Waals surface area (Å²) in [6.07, 6.45) is 5.17. The van der Waals surface area contributed by atoms with Crippen molar-refractivity contribution in [1.29, 1.82) is 0 Å². The Morgan fingerprint density at radius 3 is 2.95 bits per heavy atom. The zero-order valence-electron chi connectivity index (χ0n) is 10.4. The van der Waals surface area contributed by atoms with Crippen molar-refractivity contribution >= 4 is 21.6 Å². The number of anilines is 1. The molecule has 7 heteroatoms. The topological polar surface area (TPSA) is 68.5 Å². The van der Waals surface area contributed by atoms with Crippen LogP contribution in [0, 0.1) is 0 Å². The summed E-state index contributed by atoms with van der Waals surface area (Å²) in [5.41, 5.74) is 3.01. The smallest absolute Gasteiger partial charge is 0.143 e. The van der Waals surface area contributed by atoms with E-state index in [9.17, 15) is 0 Å². The van der Waals surface area contributed by atoms with Crippen LogP contribution in [0.1, 0.15) is 5.56 Å². The molecule has 0 unspecified atom stereocenters. The normalized spacial score (nSPS) is 10.4. The monoisotopic (exact) mass is 330 g/mol. The van der Waals surface area contributed by atoms with Crippen LogP contribution in [-0.2, 0) is 6.54 Å². The minimum Gasteiger partial charge on any atom is -0.381 e. The zero-order valence-corrected chi connectivity index (χ0v) is 12.0. The third kappa shape index (κ3) is 3.00. The van der Waals surface area contributed by atoms with E-state index in [4.69, 9.17) is 0 Å². The van der Waals surface area contributed by atoms with Gasteiger partial charge >= 0.3 is 0 Å². The SMILES string of the molecule is Brc1cncc(CNc2cccc(-n3cnnn3)c2)c1. The molecule has 0 bridgehead atoms. The third-order valence-electron chi connectivity index (χ3n) is 2.72. The Labute approximate surface area is 124 Å². The lowest BCUT2D eigenvalue weighted by atomic mass is 10.2. The van der Waals surface area contributed by atoms with Crippen LogP contribution in [0.25, 0.3) is 5.69 Å². The molecule has 100 valence electrons. The van der Waals surface area contributed by atoms with E-state index < -0.39 is 0 Å². The molecule has 0 saturated carbocycles. The van der Waals surface area contributed by atoms with E-state index in [2.05, 4.69) is 41.8 Å². The molecule has 1 N–H and O–H groups in total. The van der Waals surface area contributed by atoms with Crippen molar-refractivity contribution in [2.75, 3.05) is 5.32 Å². The van der Waals surface area contributed by atoms with Gasteiger partial charge < -0.3 is 5.32 Å². The number of halogens is 1. The molecule has 0 saturated heterocycles. The van der Waals surface area contributed by atoms with Crippen molar-refractivity contribution in [2.24, 2.45) is 0 Å². The summed E-state index contributed by atoms with van der Waals surface area (Å²) in [6.45, 7) is 0.700. The third-order valence-corrected chi connectivity index (χ3v) is 3.15. The number of aromatic nitrogens is 5. The van der Waals surface area contributed by atoms with Crippen molar-refractivity contribution in [3.63, 3.8) is 0 Å². The predicted octanol–water partition coefficient (Wildman–Crippen LogP) is 2.43.